The van der Waals surface area contributed by atoms with E-state index in [0.29, 0.717) is 0 Å². The van der Waals surface area contributed by atoms with Crippen LogP contribution < -0.4 is 59.1 Å². The summed E-state index contributed by atoms with van der Waals surface area (Å²) in [6.45, 7) is 0. The molecule has 0 aliphatic carbocycles. The minimum absolute atomic E-state index is 0. The monoisotopic (exact) mass is 245 g/mol. The quantitative estimate of drug-likeness (QED) is 0.211. The van der Waals surface area contributed by atoms with Crippen LogP contribution >= 0.6 is 24.0 Å². The molecule has 0 saturated heterocycles. The van der Waals surface area contributed by atoms with Crippen LogP contribution in [-0.2, 0) is 14.3 Å². The number of nitrogens with zero attached hydrogens (tertiary/aromatic N) is 1. The first-order valence-electron chi connectivity index (χ1n) is 2.37. The first kappa shape index (κ1) is 23.8. The van der Waals surface area contributed by atoms with E-state index in [9.17, 15) is 9.59 Å². The number of hydrogen-bond donors (Lipinski definition) is 0. The molecule has 66 valence electrons. The van der Waals surface area contributed by atoms with Crippen molar-refractivity contribution in [2.24, 2.45) is 0 Å². The van der Waals surface area contributed by atoms with Gasteiger partial charge in [0.1, 0.15) is 12.3 Å². The Morgan fingerprint density at radius 1 is 1.38 bits per heavy atom. The van der Waals surface area contributed by atoms with Gasteiger partial charge < -0.3 is 7.59 Å². The van der Waals surface area contributed by atoms with Crippen LogP contribution in [0.15, 0.2) is 0 Å². The third-order valence-electron chi connectivity index (χ3n) is 0.560. The molecule has 0 aromatic rings. The molecule has 4 nitrogen and oxygen atoms in total. The fourth-order valence-corrected chi connectivity index (χ4v) is 0.309. The molecule has 0 spiro atoms. The van der Waals surface area contributed by atoms with Crippen LogP contribution in [0.4, 0.5) is 0 Å². The van der Waals surface area contributed by atoms with Gasteiger partial charge in [-0.1, -0.05) is 0 Å². The molecular weight excluding hydrogens is 239 g/mol. The second-order valence-corrected chi connectivity index (χ2v) is 1.58. The zero-order valence-electron chi connectivity index (χ0n) is 9.37. The number of hydrogen-bond acceptors (Lipinski definition) is 4. The van der Waals surface area contributed by atoms with Gasteiger partial charge in [0.25, 0.3) is 0 Å². The van der Waals surface area contributed by atoms with Crippen molar-refractivity contribution in [2.75, 3.05) is 5.88 Å². The maximum atomic E-state index is 10.3. The molecule has 0 aliphatic rings. The maximum Gasteiger partial charge on any atom is 1.00 e. The van der Waals surface area contributed by atoms with Crippen molar-refractivity contribution in [1.29, 1.82) is 5.26 Å². The van der Waals surface area contributed by atoms with Gasteiger partial charge in [0.2, 0.25) is 0 Å². The molecule has 13 heavy (non-hydrogen) atoms. The van der Waals surface area contributed by atoms with E-state index in [4.69, 9.17) is 16.9 Å². The van der Waals surface area contributed by atoms with E-state index < -0.39 is 18.4 Å². The van der Waals surface area contributed by atoms with E-state index in [2.05, 4.69) is 4.74 Å². The van der Waals surface area contributed by atoms with Gasteiger partial charge in [-0.05, 0) is 0 Å². The maximum absolute atomic E-state index is 10.3. The van der Waals surface area contributed by atoms with E-state index in [0.717, 1.165) is 0 Å². The van der Waals surface area contributed by atoms with Crippen molar-refractivity contribution >= 4 is 35.9 Å². The number of esters is 2. The van der Waals surface area contributed by atoms with Crippen LogP contribution in [-0.4, -0.2) is 17.8 Å². The Morgan fingerprint density at radius 3 is 2.15 bits per heavy atom. The zero-order valence-corrected chi connectivity index (χ0v) is 12.9. The van der Waals surface area contributed by atoms with Crippen LogP contribution in [0.2, 0.25) is 0 Å². The summed E-state index contributed by atoms with van der Waals surface area (Å²) in [7, 11) is 0. The van der Waals surface area contributed by atoms with Gasteiger partial charge in [0.15, 0.2) is 0 Å². The van der Waals surface area contributed by atoms with Crippen LogP contribution in [0.5, 0.6) is 0 Å². The minimum atomic E-state index is -0.867. The molecule has 0 bridgehead atoms. The second-order valence-electron chi connectivity index (χ2n) is 1.31. The number of carbonyl (C=O) groups excluding carboxylic acids is 2. The normalized spacial score (nSPS) is 6.15. The van der Waals surface area contributed by atoms with Crippen molar-refractivity contribution < 1.29 is 76.3 Å². The van der Waals surface area contributed by atoms with Gasteiger partial charge in [-0.15, -0.1) is 24.0 Å². The Hall–Kier alpha value is 1.21. The molecule has 0 amide bonds. The first-order chi connectivity index (χ1) is 4.70. The Labute approximate surface area is 134 Å². The summed E-state index contributed by atoms with van der Waals surface area (Å²) >= 11 is 4.99. The van der Waals surface area contributed by atoms with Crippen LogP contribution in [0.1, 0.15) is 9.27 Å². The van der Waals surface area contributed by atoms with Gasteiger partial charge >= 0.3 is 71.1 Å². The fraction of sp³-hybridized carbons (Fsp3) is 0.400. The molecule has 0 fully saturated rings. The molecule has 8 heteroatoms. The topological polar surface area (TPSA) is 67.2 Å². The Balaban J connectivity index is -0.0000000405. The summed E-state index contributed by atoms with van der Waals surface area (Å²) in [4.78, 5) is 20.5. The predicted octanol–water partition coefficient (Wildman–Crippen LogP) is -5.14. The molecule has 0 aromatic heterocycles. The van der Waals surface area contributed by atoms with E-state index in [1.165, 1.54) is 6.07 Å². The molecule has 0 rings (SSSR count). The third-order valence-corrected chi connectivity index (χ3v) is 0.778. The molecule has 0 aromatic carbocycles. The zero-order chi connectivity index (χ0) is 7.98. The number of nitriles is 1. The number of carbonyl (C=O) groups is 2. The Kier molecular flexibility index (Phi) is 28.7. The molecule has 0 unspecified atom stereocenters. The van der Waals surface area contributed by atoms with E-state index in [1.54, 1.807) is 0 Å². The molecule has 0 radical (unpaired) electrons. The molecule has 0 atom stereocenters. The summed E-state index contributed by atoms with van der Waals surface area (Å²) in [6, 6.07) is 1.53. The molecule has 0 heterocycles. The first-order valence-corrected chi connectivity index (χ1v) is 2.90. The van der Waals surface area contributed by atoms with E-state index in [1.807, 2.05) is 0 Å². The van der Waals surface area contributed by atoms with Crippen molar-refractivity contribution in [3.05, 3.63) is 0 Å². The SMILES string of the molecule is Cl.N#CCC(=O)OC(=O)CCl.[H-].[H-].[Na+].[Na+]. The van der Waals surface area contributed by atoms with E-state index in [-0.39, 0.29) is 80.3 Å². The minimum Gasteiger partial charge on any atom is -1.00 e. The van der Waals surface area contributed by atoms with Gasteiger partial charge in [-0.2, -0.15) is 5.26 Å². The molecule has 0 aliphatic heterocycles. The fourth-order valence-electron chi connectivity index (χ4n) is 0.255. The van der Waals surface area contributed by atoms with Gasteiger partial charge in [0, 0.05) is 0 Å². The summed E-state index contributed by atoms with van der Waals surface area (Å²) in [5, 5.41) is 7.93. The average Bonchev–Trinajstić information content (AvgIpc) is 1.88. The molecular formula is C5H7Cl2NNa2O3. The van der Waals surface area contributed by atoms with E-state index >= 15 is 0 Å². The standard InChI is InChI=1S/C5H4ClNO3.ClH.2Na.2H/c6-3-5(9)10-4(8)1-2-7;;;;;/h1,3H2;1H;;;;/q;;2*+1;2*-1. The van der Waals surface area contributed by atoms with Crippen molar-refractivity contribution in [1.82, 2.24) is 0 Å². The Morgan fingerprint density at radius 2 is 1.85 bits per heavy atom. The van der Waals surface area contributed by atoms with Crippen molar-refractivity contribution in [3.8, 4) is 6.07 Å². The molecule has 0 N–H and O–H groups in total. The van der Waals surface area contributed by atoms with Crippen molar-refractivity contribution in [2.45, 2.75) is 6.42 Å². The summed E-state index contributed by atoms with van der Waals surface area (Å²) in [5.41, 5.74) is 0. The van der Waals surface area contributed by atoms with Gasteiger partial charge in [-0.25, -0.2) is 0 Å². The summed E-state index contributed by atoms with van der Waals surface area (Å²) in [5.74, 6) is -2.08. The Bertz CT molecular complexity index is 203. The number of ether oxygens (including phenoxy) is 1. The smallest absolute Gasteiger partial charge is 1.00 e. The van der Waals surface area contributed by atoms with Crippen molar-refractivity contribution in [3.63, 3.8) is 0 Å². The summed E-state index contributed by atoms with van der Waals surface area (Å²) in [6.07, 6.45) is -0.428. The second kappa shape index (κ2) is 15.7. The molecule has 0 saturated carbocycles. The van der Waals surface area contributed by atoms with Gasteiger partial charge in [-0.3, -0.25) is 9.59 Å². The predicted molar refractivity (Wildman–Crippen MR) is 41.5 cm³/mol. The summed E-state index contributed by atoms with van der Waals surface area (Å²) < 4.78 is 4.01. The number of rotatable bonds is 2. The average molecular weight is 246 g/mol. The third kappa shape index (κ3) is 15.9. The van der Waals surface area contributed by atoms with Crippen LogP contribution in [0.25, 0.3) is 0 Å². The van der Waals surface area contributed by atoms with Crippen LogP contribution in [0, 0.1) is 11.3 Å². The van der Waals surface area contributed by atoms with Gasteiger partial charge in [0.05, 0.1) is 6.07 Å². The van der Waals surface area contributed by atoms with Crippen LogP contribution in [0.3, 0.4) is 0 Å². The number of halogens is 2. The largest absolute Gasteiger partial charge is 1.00 e. The number of alkyl halides is 1.